The Kier molecular flexibility index (Phi) is 4.52. The predicted molar refractivity (Wildman–Crippen MR) is 105 cm³/mol. The number of para-hydroxylation sites is 2. The Morgan fingerprint density at radius 2 is 1.67 bits per heavy atom. The van der Waals surface area contributed by atoms with Gasteiger partial charge in [0.05, 0.1) is 39.0 Å². The summed E-state index contributed by atoms with van der Waals surface area (Å²) in [5.74, 6) is 0. The molecule has 7 heteroatoms. The molecular weight excluding hydrogens is 360 g/mol. The summed E-state index contributed by atoms with van der Waals surface area (Å²) in [5.41, 5.74) is 2.17. The molecule has 4 rings (SSSR count). The van der Waals surface area contributed by atoms with Crippen LogP contribution in [0.3, 0.4) is 0 Å². The van der Waals surface area contributed by atoms with Crippen LogP contribution in [0.25, 0.3) is 22.8 Å². The summed E-state index contributed by atoms with van der Waals surface area (Å²) in [5, 5.41) is 8.86. The SMILES string of the molecule is CS(=O)c1ccccc1-n1ccc(=O)c(-c2ccnn2-c2ccccc2)n1. The molecule has 0 spiro atoms. The molecule has 0 saturated carbocycles. The summed E-state index contributed by atoms with van der Waals surface area (Å²) in [4.78, 5) is 13.2. The van der Waals surface area contributed by atoms with Gasteiger partial charge in [0.1, 0.15) is 0 Å². The van der Waals surface area contributed by atoms with E-state index in [1.807, 2.05) is 48.5 Å². The van der Waals surface area contributed by atoms with Crippen molar-refractivity contribution in [3.63, 3.8) is 0 Å². The van der Waals surface area contributed by atoms with Crippen molar-refractivity contribution in [3.05, 3.63) is 89.3 Å². The second-order valence-corrected chi connectivity index (χ2v) is 7.21. The molecule has 0 aliphatic heterocycles. The van der Waals surface area contributed by atoms with Crippen LogP contribution in [0, 0.1) is 0 Å². The van der Waals surface area contributed by atoms with Gasteiger partial charge in [0.25, 0.3) is 0 Å². The van der Waals surface area contributed by atoms with Crippen molar-refractivity contribution in [2.45, 2.75) is 4.90 Å². The number of benzene rings is 2. The lowest BCUT2D eigenvalue weighted by atomic mass is 10.2. The van der Waals surface area contributed by atoms with Gasteiger partial charge in [-0.15, -0.1) is 0 Å². The molecule has 0 saturated heterocycles. The van der Waals surface area contributed by atoms with Crippen molar-refractivity contribution < 1.29 is 4.21 Å². The first-order valence-electron chi connectivity index (χ1n) is 8.28. The zero-order valence-electron chi connectivity index (χ0n) is 14.5. The van der Waals surface area contributed by atoms with E-state index in [1.54, 1.807) is 40.1 Å². The van der Waals surface area contributed by atoms with E-state index < -0.39 is 10.8 Å². The molecule has 1 unspecified atom stereocenters. The Bertz CT molecular complexity index is 1180. The third kappa shape index (κ3) is 3.24. The molecule has 2 aromatic heterocycles. The molecule has 1 atom stereocenters. The van der Waals surface area contributed by atoms with E-state index in [0.29, 0.717) is 16.3 Å². The van der Waals surface area contributed by atoms with E-state index >= 15 is 0 Å². The largest absolute Gasteiger partial charge is 0.287 e. The minimum Gasteiger partial charge on any atom is -0.287 e. The number of aromatic nitrogens is 4. The molecule has 0 fully saturated rings. The summed E-state index contributed by atoms with van der Waals surface area (Å²) in [6.45, 7) is 0. The Morgan fingerprint density at radius 3 is 2.44 bits per heavy atom. The molecule has 0 N–H and O–H groups in total. The van der Waals surface area contributed by atoms with Gasteiger partial charge in [-0.1, -0.05) is 30.3 Å². The van der Waals surface area contributed by atoms with Crippen molar-refractivity contribution in [2.75, 3.05) is 6.26 Å². The second kappa shape index (κ2) is 7.13. The van der Waals surface area contributed by atoms with Gasteiger partial charge in [-0.25, -0.2) is 9.36 Å². The Labute approximate surface area is 158 Å². The minimum atomic E-state index is -1.18. The molecule has 0 aliphatic rings. The highest BCUT2D eigenvalue weighted by atomic mass is 32.2. The van der Waals surface area contributed by atoms with Gasteiger partial charge in [0.2, 0.25) is 5.43 Å². The van der Waals surface area contributed by atoms with E-state index in [4.69, 9.17) is 0 Å². The van der Waals surface area contributed by atoms with Crippen LogP contribution >= 0.6 is 0 Å². The fourth-order valence-corrected chi connectivity index (χ4v) is 3.59. The summed E-state index contributed by atoms with van der Waals surface area (Å²) in [6.07, 6.45) is 4.84. The van der Waals surface area contributed by atoms with E-state index in [0.717, 1.165) is 5.69 Å². The van der Waals surface area contributed by atoms with E-state index in [-0.39, 0.29) is 11.1 Å². The van der Waals surface area contributed by atoms with Crippen LogP contribution in [0.5, 0.6) is 0 Å². The van der Waals surface area contributed by atoms with Crippen molar-refractivity contribution >= 4 is 10.8 Å². The fraction of sp³-hybridized carbons (Fsp3) is 0.0500. The molecule has 0 bridgehead atoms. The third-order valence-corrected chi connectivity index (χ3v) is 5.08. The van der Waals surface area contributed by atoms with Gasteiger partial charge >= 0.3 is 0 Å². The van der Waals surface area contributed by atoms with Gasteiger partial charge < -0.3 is 0 Å². The van der Waals surface area contributed by atoms with Crippen LogP contribution in [0.15, 0.2) is 88.8 Å². The van der Waals surface area contributed by atoms with Gasteiger partial charge in [-0.05, 0) is 30.3 Å². The van der Waals surface area contributed by atoms with Crippen LogP contribution in [0.4, 0.5) is 0 Å². The Hall–Kier alpha value is -3.32. The standard InChI is InChI=1S/C20H16N4O2S/c1-27(26)19-10-6-5-9-16(19)23-14-12-18(25)20(22-23)17-11-13-21-24(17)15-7-3-2-4-8-15/h2-14H,1H3. The quantitative estimate of drug-likeness (QED) is 0.549. The number of nitrogens with zero attached hydrogens (tertiary/aromatic N) is 4. The van der Waals surface area contributed by atoms with E-state index in [1.165, 1.54) is 6.07 Å². The molecule has 2 heterocycles. The van der Waals surface area contributed by atoms with Crippen molar-refractivity contribution in [2.24, 2.45) is 0 Å². The summed E-state index contributed by atoms with van der Waals surface area (Å²) >= 11 is 0. The smallest absolute Gasteiger partial charge is 0.209 e. The molecule has 134 valence electrons. The summed E-state index contributed by atoms with van der Waals surface area (Å²) in [7, 11) is -1.18. The molecule has 6 nitrogen and oxygen atoms in total. The number of hydrogen-bond acceptors (Lipinski definition) is 4. The maximum atomic E-state index is 12.5. The zero-order valence-corrected chi connectivity index (χ0v) is 15.3. The van der Waals surface area contributed by atoms with Crippen molar-refractivity contribution in [1.82, 2.24) is 19.6 Å². The van der Waals surface area contributed by atoms with Crippen LogP contribution in [0.1, 0.15) is 0 Å². The maximum absolute atomic E-state index is 12.5. The first kappa shape index (κ1) is 17.1. The first-order chi connectivity index (χ1) is 13.1. The molecule has 0 amide bonds. The first-order valence-corrected chi connectivity index (χ1v) is 9.83. The monoisotopic (exact) mass is 376 g/mol. The lowest BCUT2D eigenvalue weighted by Crippen LogP contribution is -2.15. The number of rotatable bonds is 4. The third-order valence-electron chi connectivity index (χ3n) is 4.12. The Balaban J connectivity index is 1.89. The van der Waals surface area contributed by atoms with Crippen LogP contribution in [0.2, 0.25) is 0 Å². The van der Waals surface area contributed by atoms with Gasteiger partial charge in [0.15, 0.2) is 5.69 Å². The molecule has 0 aliphatic carbocycles. The molecular formula is C20H16N4O2S. The lowest BCUT2D eigenvalue weighted by molar-refractivity contribution is 0.685. The van der Waals surface area contributed by atoms with Crippen LogP contribution in [-0.2, 0) is 10.8 Å². The normalized spacial score (nSPS) is 12.0. The average molecular weight is 376 g/mol. The van der Waals surface area contributed by atoms with Crippen molar-refractivity contribution in [1.29, 1.82) is 0 Å². The second-order valence-electron chi connectivity index (χ2n) is 5.86. The van der Waals surface area contributed by atoms with Crippen LogP contribution < -0.4 is 5.43 Å². The van der Waals surface area contributed by atoms with Gasteiger partial charge in [-0.3, -0.25) is 9.00 Å². The molecule has 0 radical (unpaired) electrons. The zero-order chi connectivity index (χ0) is 18.8. The molecule has 4 aromatic rings. The topological polar surface area (TPSA) is 69.8 Å². The fourth-order valence-electron chi connectivity index (χ4n) is 2.87. The van der Waals surface area contributed by atoms with Gasteiger partial charge in [0, 0.05) is 18.5 Å². The predicted octanol–water partition coefficient (Wildman–Crippen LogP) is 2.82. The number of hydrogen-bond donors (Lipinski definition) is 0. The Morgan fingerprint density at radius 1 is 0.926 bits per heavy atom. The minimum absolute atomic E-state index is 0.209. The van der Waals surface area contributed by atoms with Gasteiger partial charge in [-0.2, -0.15) is 10.2 Å². The summed E-state index contributed by atoms with van der Waals surface area (Å²) in [6, 6.07) is 20.1. The van der Waals surface area contributed by atoms with Crippen molar-refractivity contribution in [3.8, 4) is 22.8 Å². The molecule has 2 aromatic carbocycles. The highest BCUT2D eigenvalue weighted by Crippen LogP contribution is 2.20. The highest BCUT2D eigenvalue weighted by Gasteiger charge is 2.15. The van der Waals surface area contributed by atoms with Crippen LogP contribution in [-0.4, -0.2) is 30.0 Å². The lowest BCUT2D eigenvalue weighted by Gasteiger charge is -2.12. The average Bonchev–Trinajstić information content (AvgIpc) is 3.18. The highest BCUT2D eigenvalue weighted by molar-refractivity contribution is 7.84. The van der Waals surface area contributed by atoms with E-state index in [9.17, 15) is 9.00 Å². The van der Waals surface area contributed by atoms with E-state index in [2.05, 4.69) is 10.2 Å². The summed E-state index contributed by atoms with van der Waals surface area (Å²) < 4.78 is 15.3. The maximum Gasteiger partial charge on any atom is 0.209 e. The molecule has 27 heavy (non-hydrogen) atoms.